The maximum absolute atomic E-state index is 12.9. The Morgan fingerprint density at radius 1 is 1.05 bits per heavy atom. The van der Waals surface area contributed by atoms with E-state index in [0.29, 0.717) is 12.3 Å². The topological polar surface area (TPSA) is 141 Å². The van der Waals surface area contributed by atoms with Crippen LogP contribution in [0.25, 0.3) is 10.9 Å². The Hall–Kier alpha value is -4.00. The maximum Gasteiger partial charge on any atom is 0.326 e. The van der Waals surface area contributed by atoms with Gasteiger partial charge in [0.25, 0.3) is 5.56 Å². The van der Waals surface area contributed by atoms with Crippen LogP contribution in [-0.4, -0.2) is 49.4 Å². The highest BCUT2D eigenvalue weighted by molar-refractivity contribution is 7.89. The molecule has 2 heterocycles. The molecule has 0 fully saturated rings. The first-order valence-electron chi connectivity index (χ1n) is 12.0. The van der Waals surface area contributed by atoms with Gasteiger partial charge < -0.3 is 14.6 Å². The molecule has 0 aliphatic carbocycles. The first-order chi connectivity index (χ1) is 18.7. The second-order valence-electron chi connectivity index (χ2n) is 8.21. The predicted octanol–water partition coefficient (Wildman–Crippen LogP) is 3.21. The molecule has 1 amide bonds. The van der Waals surface area contributed by atoms with Gasteiger partial charge in [0.05, 0.1) is 42.5 Å². The van der Waals surface area contributed by atoms with E-state index in [1.807, 2.05) is 66.9 Å². The second kappa shape index (κ2) is 14.2. The minimum absolute atomic E-state index is 0.0116. The first kappa shape index (κ1) is 29.6. The highest BCUT2D eigenvalue weighted by atomic mass is 32.2. The van der Waals surface area contributed by atoms with Crippen molar-refractivity contribution in [2.24, 2.45) is 0 Å². The molecule has 0 atom stereocenters. The highest BCUT2D eigenvalue weighted by Crippen LogP contribution is 2.16. The van der Waals surface area contributed by atoms with E-state index in [1.165, 1.54) is 35.5 Å². The van der Waals surface area contributed by atoms with Gasteiger partial charge in [-0.25, -0.2) is 17.9 Å². The molecule has 0 saturated carbocycles. The van der Waals surface area contributed by atoms with Gasteiger partial charge in [-0.05, 0) is 42.1 Å². The number of carbonyl (C=O) groups excluding carboxylic acids is 1. The minimum atomic E-state index is -4.10. The van der Waals surface area contributed by atoms with Crippen molar-refractivity contribution in [3.05, 3.63) is 110 Å². The lowest BCUT2D eigenvalue weighted by atomic mass is 10.2. The second-order valence-corrected chi connectivity index (χ2v) is 11.0. The molecule has 4 aromatic rings. The van der Waals surface area contributed by atoms with Gasteiger partial charge in [-0.1, -0.05) is 49.4 Å². The van der Waals surface area contributed by atoms with Crippen molar-refractivity contribution in [2.45, 2.75) is 24.8 Å². The van der Waals surface area contributed by atoms with Crippen LogP contribution in [0, 0.1) is 0 Å². The molecule has 0 saturated heterocycles. The van der Waals surface area contributed by atoms with Crippen molar-refractivity contribution >= 4 is 38.2 Å². The van der Waals surface area contributed by atoms with E-state index in [0.717, 1.165) is 17.4 Å². The molecule has 10 nitrogen and oxygen atoms in total. The molecular weight excluding hydrogens is 540 g/mol. The van der Waals surface area contributed by atoms with Gasteiger partial charge in [0.15, 0.2) is 0 Å². The standard InChI is InChI=1S/C21H24N4O6S2.C6H6/c1-3-5-14(31-2)12-25(13-15-6-4-9-32-15)19(26)11-22-33(29,30)16-7-8-18-17(10-16)20(27)24-21(28)23-18;1-2-4-6-5-3-1/h4-10,22H,3,11-13H2,1-2H3,(H2,23,24,27,28);1-6H/b14-5-;. The van der Waals surface area contributed by atoms with E-state index >= 15 is 0 Å². The fourth-order valence-electron chi connectivity index (χ4n) is 3.50. The summed E-state index contributed by atoms with van der Waals surface area (Å²) in [6.07, 6.45) is 2.58. The third kappa shape index (κ3) is 8.77. The Kier molecular flexibility index (Phi) is 10.8. The zero-order chi connectivity index (χ0) is 28.3. The van der Waals surface area contributed by atoms with Crippen molar-refractivity contribution in [1.29, 1.82) is 0 Å². The summed E-state index contributed by atoms with van der Waals surface area (Å²) in [4.78, 5) is 43.1. The zero-order valence-electron chi connectivity index (χ0n) is 21.5. The Morgan fingerprint density at radius 2 is 1.74 bits per heavy atom. The summed E-state index contributed by atoms with van der Waals surface area (Å²) < 4.78 is 33.2. The number of methoxy groups -OCH3 is 1. The largest absolute Gasteiger partial charge is 0.500 e. The summed E-state index contributed by atoms with van der Waals surface area (Å²) in [7, 11) is -2.58. The molecule has 0 aliphatic rings. The van der Waals surface area contributed by atoms with Crippen LogP contribution >= 0.6 is 11.3 Å². The normalized spacial score (nSPS) is 11.5. The molecule has 4 rings (SSSR count). The van der Waals surface area contributed by atoms with Gasteiger partial charge in [-0.15, -0.1) is 11.3 Å². The van der Waals surface area contributed by atoms with Crippen LogP contribution in [0.5, 0.6) is 0 Å². The third-order valence-electron chi connectivity index (χ3n) is 5.42. The lowest BCUT2D eigenvalue weighted by Gasteiger charge is -2.23. The number of fused-ring (bicyclic) bond motifs is 1. The van der Waals surface area contributed by atoms with Crippen molar-refractivity contribution < 1.29 is 17.9 Å². The Bertz CT molecular complexity index is 1580. The minimum Gasteiger partial charge on any atom is -0.500 e. The lowest BCUT2D eigenvalue weighted by Crippen LogP contribution is -2.40. The summed E-state index contributed by atoms with van der Waals surface area (Å²) in [6, 6.07) is 19.5. The average molecular weight is 571 g/mol. The lowest BCUT2D eigenvalue weighted by molar-refractivity contribution is -0.130. The van der Waals surface area contributed by atoms with E-state index in [9.17, 15) is 22.8 Å². The first-order valence-corrected chi connectivity index (χ1v) is 14.4. The van der Waals surface area contributed by atoms with E-state index in [1.54, 1.807) is 0 Å². The molecule has 0 radical (unpaired) electrons. The van der Waals surface area contributed by atoms with Gasteiger partial charge in [0.1, 0.15) is 5.76 Å². The number of ether oxygens (including phenoxy) is 1. The molecule has 12 heteroatoms. The quantitative estimate of drug-likeness (QED) is 0.250. The SMILES string of the molecule is CC/C=C(/CN(Cc1cccs1)C(=O)CNS(=O)(=O)c1ccc2[nH]c(=O)[nH]c(=O)c2c1)OC.c1ccccc1. The summed E-state index contributed by atoms with van der Waals surface area (Å²) in [5.41, 5.74) is -1.19. The van der Waals surface area contributed by atoms with E-state index in [2.05, 4.69) is 14.7 Å². The maximum atomic E-state index is 12.9. The van der Waals surface area contributed by atoms with Gasteiger partial charge in [0.2, 0.25) is 15.9 Å². The predicted molar refractivity (Wildman–Crippen MR) is 152 cm³/mol. The van der Waals surface area contributed by atoms with Gasteiger partial charge in [-0.3, -0.25) is 14.6 Å². The van der Waals surface area contributed by atoms with Crippen LogP contribution in [0.4, 0.5) is 0 Å². The summed E-state index contributed by atoms with van der Waals surface area (Å²) >= 11 is 1.49. The Labute approximate surface area is 230 Å². The molecule has 206 valence electrons. The monoisotopic (exact) mass is 570 g/mol. The summed E-state index contributed by atoms with van der Waals surface area (Å²) in [5.74, 6) is 0.169. The molecule has 2 aromatic heterocycles. The number of hydrogen-bond donors (Lipinski definition) is 3. The number of hydrogen-bond acceptors (Lipinski definition) is 7. The van der Waals surface area contributed by atoms with Crippen LogP contribution in [0.15, 0.2) is 98.4 Å². The van der Waals surface area contributed by atoms with Crippen molar-refractivity contribution in [2.75, 3.05) is 20.2 Å². The van der Waals surface area contributed by atoms with Gasteiger partial charge in [0, 0.05) is 4.88 Å². The number of aromatic nitrogens is 2. The van der Waals surface area contributed by atoms with E-state index < -0.39 is 33.7 Å². The number of carbonyl (C=O) groups is 1. The molecule has 0 spiro atoms. The number of amides is 1. The molecule has 39 heavy (non-hydrogen) atoms. The fourth-order valence-corrected chi connectivity index (χ4v) is 5.22. The number of rotatable bonds is 10. The number of thiophene rings is 1. The van der Waals surface area contributed by atoms with Crippen LogP contribution in [0.2, 0.25) is 0 Å². The number of aromatic amines is 2. The summed E-state index contributed by atoms with van der Waals surface area (Å²) in [6.45, 7) is 1.97. The zero-order valence-corrected chi connectivity index (χ0v) is 23.2. The highest BCUT2D eigenvalue weighted by Gasteiger charge is 2.21. The third-order valence-corrected chi connectivity index (χ3v) is 7.68. The molecule has 0 aliphatic heterocycles. The van der Waals surface area contributed by atoms with Gasteiger partial charge >= 0.3 is 5.69 Å². The fraction of sp³-hybridized carbons (Fsp3) is 0.222. The smallest absolute Gasteiger partial charge is 0.326 e. The van der Waals surface area contributed by atoms with E-state index in [-0.39, 0.29) is 22.3 Å². The average Bonchev–Trinajstić information content (AvgIpc) is 3.45. The number of nitrogens with zero attached hydrogens (tertiary/aromatic N) is 1. The molecular formula is C27H30N4O6S2. The van der Waals surface area contributed by atoms with Crippen molar-refractivity contribution in [3.8, 4) is 0 Å². The summed E-state index contributed by atoms with van der Waals surface area (Å²) in [5, 5.41) is 1.91. The van der Waals surface area contributed by atoms with Crippen molar-refractivity contribution in [3.63, 3.8) is 0 Å². The Morgan fingerprint density at radius 3 is 2.33 bits per heavy atom. The molecule has 0 unspecified atom stereocenters. The molecule has 2 aromatic carbocycles. The number of nitrogens with one attached hydrogen (secondary N) is 3. The van der Waals surface area contributed by atoms with Crippen LogP contribution in [0.1, 0.15) is 18.2 Å². The number of H-pyrrole nitrogens is 2. The number of sulfonamides is 1. The van der Waals surface area contributed by atoms with Crippen LogP contribution in [-0.2, 0) is 26.1 Å². The number of benzene rings is 2. The van der Waals surface area contributed by atoms with Crippen molar-refractivity contribution in [1.82, 2.24) is 19.6 Å². The van der Waals surface area contributed by atoms with Gasteiger partial charge in [-0.2, -0.15) is 0 Å². The number of allylic oxidation sites excluding steroid dienone is 1. The Balaban J connectivity index is 0.000000617. The van der Waals surface area contributed by atoms with E-state index in [4.69, 9.17) is 4.74 Å². The van der Waals surface area contributed by atoms with Crippen LogP contribution < -0.4 is 16.0 Å². The molecule has 3 N–H and O–H groups in total. The van der Waals surface area contributed by atoms with Crippen LogP contribution in [0.3, 0.4) is 0 Å². The molecule has 0 bridgehead atoms.